The number of rotatable bonds is 6. The minimum atomic E-state index is -4.48. The van der Waals surface area contributed by atoms with Crippen LogP contribution in [-0.2, 0) is 16.0 Å². The number of carbonyl (C=O) groups is 1. The lowest BCUT2D eigenvalue weighted by Gasteiger charge is -2.40. The van der Waals surface area contributed by atoms with Gasteiger partial charge in [0.15, 0.2) is 0 Å². The van der Waals surface area contributed by atoms with E-state index in [2.05, 4.69) is 5.32 Å². The monoisotopic (exact) mass is 315 g/mol. The number of nitrogens with one attached hydrogen (secondary N) is 1. The Bertz CT molecular complexity index is 492. The van der Waals surface area contributed by atoms with Crippen molar-refractivity contribution < 1.29 is 22.7 Å². The van der Waals surface area contributed by atoms with Crippen molar-refractivity contribution in [2.45, 2.75) is 49.9 Å². The quantitative estimate of drug-likeness (QED) is 0.875. The molecule has 1 aliphatic carbocycles. The molecule has 1 aromatic carbocycles. The second-order valence-corrected chi connectivity index (χ2v) is 5.77. The van der Waals surface area contributed by atoms with Crippen LogP contribution in [0.3, 0.4) is 0 Å². The maximum Gasteiger partial charge on any atom is 0.408 e. The zero-order valence-electron chi connectivity index (χ0n) is 12.5. The molecule has 1 atom stereocenters. The van der Waals surface area contributed by atoms with E-state index in [0.29, 0.717) is 18.4 Å². The number of methoxy groups -OCH3 is 1. The number of halogens is 3. The molecule has 1 N–H and O–H groups in total. The summed E-state index contributed by atoms with van der Waals surface area (Å²) in [5.74, 6) is -0.611. The Morgan fingerprint density at radius 2 is 1.95 bits per heavy atom. The minimum absolute atomic E-state index is 0.0229. The maximum absolute atomic E-state index is 13.1. The molecule has 1 fully saturated rings. The molecule has 6 heteroatoms. The van der Waals surface area contributed by atoms with Crippen LogP contribution in [-0.4, -0.2) is 30.8 Å². The number of benzene rings is 1. The zero-order valence-corrected chi connectivity index (χ0v) is 12.5. The van der Waals surface area contributed by atoms with Gasteiger partial charge in [-0.05, 0) is 24.8 Å². The summed E-state index contributed by atoms with van der Waals surface area (Å²) < 4.78 is 44.7. The van der Waals surface area contributed by atoms with E-state index in [1.54, 1.807) is 30.3 Å². The van der Waals surface area contributed by atoms with Crippen LogP contribution in [0.4, 0.5) is 13.2 Å². The van der Waals surface area contributed by atoms with Crippen LogP contribution in [0, 0.1) is 0 Å². The van der Waals surface area contributed by atoms with Gasteiger partial charge in [0.2, 0.25) is 5.91 Å². The number of alkyl halides is 3. The molecule has 122 valence electrons. The number of hydrogen-bond acceptors (Lipinski definition) is 2. The molecule has 0 bridgehead atoms. The first-order valence-corrected chi connectivity index (χ1v) is 7.30. The van der Waals surface area contributed by atoms with E-state index in [1.165, 1.54) is 7.11 Å². The lowest BCUT2D eigenvalue weighted by atomic mass is 9.77. The van der Waals surface area contributed by atoms with Gasteiger partial charge < -0.3 is 10.1 Å². The summed E-state index contributed by atoms with van der Waals surface area (Å²) in [6.07, 6.45) is -2.40. The SMILES string of the molecule is COC1(CC(=O)N[C@H](Cc2ccccc2)C(F)(F)F)CCC1. The fourth-order valence-electron chi connectivity index (χ4n) is 2.66. The van der Waals surface area contributed by atoms with Crippen LogP contribution < -0.4 is 5.32 Å². The van der Waals surface area contributed by atoms with Crippen LogP contribution >= 0.6 is 0 Å². The smallest absolute Gasteiger partial charge is 0.378 e. The van der Waals surface area contributed by atoms with Crippen LogP contribution in [0.25, 0.3) is 0 Å². The molecule has 0 aromatic heterocycles. The highest BCUT2D eigenvalue weighted by Gasteiger charge is 2.43. The summed E-state index contributed by atoms with van der Waals surface area (Å²) in [5.41, 5.74) is -0.0392. The molecule has 0 heterocycles. The Hall–Kier alpha value is -1.56. The van der Waals surface area contributed by atoms with E-state index in [4.69, 9.17) is 4.74 Å². The Labute approximate surface area is 127 Å². The van der Waals surface area contributed by atoms with Gasteiger partial charge in [0.1, 0.15) is 6.04 Å². The van der Waals surface area contributed by atoms with E-state index in [0.717, 1.165) is 6.42 Å². The third kappa shape index (κ3) is 4.22. The number of amides is 1. The van der Waals surface area contributed by atoms with Gasteiger partial charge in [-0.15, -0.1) is 0 Å². The summed E-state index contributed by atoms with van der Waals surface area (Å²) in [5, 5.41) is 2.12. The molecule has 0 aliphatic heterocycles. The van der Waals surface area contributed by atoms with Gasteiger partial charge in [-0.1, -0.05) is 30.3 Å². The average molecular weight is 315 g/mol. The Balaban J connectivity index is 1.99. The summed E-state index contributed by atoms with van der Waals surface area (Å²) in [7, 11) is 1.50. The summed E-state index contributed by atoms with van der Waals surface area (Å²) in [6.45, 7) is 0. The molecule has 1 amide bonds. The molecule has 3 nitrogen and oxygen atoms in total. The first kappa shape index (κ1) is 16.8. The van der Waals surface area contributed by atoms with Crippen LogP contribution in [0.1, 0.15) is 31.2 Å². The minimum Gasteiger partial charge on any atom is -0.378 e. The van der Waals surface area contributed by atoms with Crippen LogP contribution in [0.2, 0.25) is 0 Å². The van der Waals surface area contributed by atoms with Gasteiger partial charge in [-0.3, -0.25) is 4.79 Å². The molecule has 1 saturated carbocycles. The molecule has 0 spiro atoms. The maximum atomic E-state index is 13.1. The fraction of sp³-hybridized carbons (Fsp3) is 0.562. The van der Waals surface area contributed by atoms with E-state index in [-0.39, 0.29) is 12.8 Å². The second kappa shape index (κ2) is 6.69. The molecule has 0 unspecified atom stereocenters. The molecular weight excluding hydrogens is 295 g/mol. The first-order chi connectivity index (χ1) is 10.3. The van der Waals surface area contributed by atoms with Gasteiger partial charge in [0.25, 0.3) is 0 Å². The van der Waals surface area contributed by atoms with Crippen molar-refractivity contribution in [3.63, 3.8) is 0 Å². The van der Waals surface area contributed by atoms with Crippen molar-refractivity contribution in [1.82, 2.24) is 5.32 Å². The van der Waals surface area contributed by atoms with E-state index in [1.807, 2.05) is 0 Å². The molecular formula is C16H20F3NO2. The predicted octanol–water partition coefficient (Wildman–Crippen LogP) is 3.24. The second-order valence-electron chi connectivity index (χ2n) is 5.77. The van der Waals surface area contributed by atoms with Crippen molar-refractivity contribution in [3.05, 3.63) is 35.9 Å². The highest BCUT2D eigenvalue weighted by atomic mass is 19.4. The van der Waals surface area contributed by atoms with Crippen LogP contribution in [0.15, 0.2) is 30.3 Å². The molecule has 0 radical (unpaired) electrons. The van der Waals surface area contributed by atoms with Gasteiger partial charge in [-0.2, -0.15) is 13.2 Å². The standard InChI is InChI=1S/C16H20F3NO2/c1-22-15(8-5-9-15)11-14(21)20-13(16(17,18)19)10-12-6-3-2-4-7-12/h2-4,6-7,13H,5,8-11H2,1H3,(H,20,21)/t13-/m1/s1. The average Bonchev–Trinajstić information content (AvgIpc) is 2.42. The predicted molar refractivity (Wildman–Crippen MR) is 76.3 cm³/mol. The van der Waals surface area contributed by atoms with Gasteiger partial charge >= 0.3 is 6.18 Å². The highest BCUT2D eigenvalue weighted by Crippen LogP contribution is 2.38. The van der Waals surface area contributed by atoms with Gasteiger partial charge in [-0.25, -0.2) is 0 Å². The lowest BCUT2D eigenvalue weighted by molar-refractivity contribution is -0.164. The third-order valence-corrected chi connectivity index (χ3v) is 4.19. The molecule has 0 saturated heterocycles. The normalized spacial score (nSPS) is 18.4. The Morgan fingerprint density at radius 3 is 2.41 bits per heavy atom. The van der Waals surface area contributed by atoms with Crippen molar-refractivity contribution in [1.29, 1.82) is 0 Å². The summed E-state index contributed by atoms with van der Waals surface area (Å²) >= 11 is 0. The Morgan fingerprint density at radius 1 is 1.32 bits per heavy atom. The van der Waals surface area contributed by atoms with E-state index >= 15 is 0 Å². The third-order valence-electron chi connectivity index (χ3n) is 4.19. The highest BCUT2D eigenvalue weighted by molar-refractivity contribution is 5.77. The van der Waals surface area contributed by atoms with Gasteiger partial charge in [0, 0.05) is 13.5 Å². The first-order valence-electron chi connectivity index (χ1n) is 7.30. The Kier molecular flexibility index (Phi) is 5.11. The molecule has 2 rings (SSSR count). The van der Waals surface area contributed by atoms with E-state index < -0.39 is 23.7 Å². The largest absolute Gasteiger partial charge is 0.408 e. The van der Waals surface area contributed by atoms with E-state index in [9.17, 15) is 18.0 Å². The van der Waals surface area contributed by atoms with Crippen molar-refractivity contribution in [2.24, 2.45) is 0 Å². The van der Waals surface area contributed by atoms with Crippen LogP contribution in [0.5, 0.6) is 0 Å². The summed E-state index contributed by atoms with van der Waals surface area (Å²) in [4.78, 5) is 12.0. The fourth-order valence-corrected chi connectivity index (χ4v) is 2.66. The molecule has 1 aromatic rings. The topological polar surface area (TPSA) is 38.3 Å². The number of ether oxygens (including phenoxy) is 1. The number of carbonyl (C=O) groups excluding carboxylic acids is 1. The van der Waals surface area contributed by atoms with Crippen molar-refractivity contribution in [2.75, 3.05) is 7.11 Å². The van der Waals surface area contributed by atoms with Crippen molar-refractivity contribution in [3.8, 4) is 0 Å². The summed E-state index contributed by atoms with van der Waals surface area (Å²) in [6, 6.07) is 6.46. The molecule has 1 aliphatic rings. The van der Waals surface area contributed by atoms with Crippen molar-refractivity contribution >= 4 is 5.91 Å². The lowest BCUT2D eigenvalue weighted by Crippen LogP contribution is -2.50. The van der Waals surface area contributed by atoms with Gasteiger partial charge in [0.05, 0.1) is 12.0 Å². The molecule has 22 heavy (non-hydrogen) atoms. The number of hydrogen-bond donors (Lipinski definition) is 1. The zero-order chi connectivity index (χ0) is 16.2.